The second-order valence-corrected chi connectivity index (χ2v) is 6.45. The van der Waals surface area contributed by atoms with Crippen LogP contribution in [0.5, 0.6) is 0 Å². The van der Waals surface area contributed by atoms with Crippen molar-refractivity contribution in [2.45, 2.75) is 40.2 Å². The van der Waals surface area contributed by atoms with E-state index in [9.17, 15) is 14.9 Å². The number of nitro groups is 1. The van der Waals surface area contributed by atoms with Crippen molar-refractivity contribution < 1.29 is 9.72 Å². The van der Waals surface area contributed by atoms with E-state index in [0.29, 0.717) is 23.4 Å². The Morgan fingerprint density at radius 1 is 1.43 bits per heavy atom. The Hall–Kier alpha value is -1.62. The number of rotatable bonds is 5. The number of nitro benzene ring substituents is 1. The summed E-state index contributed by atoms with van der Waals surface area (Å²) in [5.74, 6) is 0.136. The third kappa shape index (κ3) is 4.43. The monoisotopic (exact) mass is 312 g/mol. The minimum Gasteiger partial charge on any atom is -0.349 e. The molecule has 1 aromatic rings. The largest absolute Gasteiger partial charge is 0.349 e. The van der Waals surface area contributed by atoms with E-state index in [1.54, 1.807) is 13.0 Å². The summed E-state index contributed by atoms with van der Waals surface area (Å²) in [4.78, 5) is 22.9. The lowest BCUT2D eigenvalue weighted by Gasteiger charge is -2.31. The molecule has 0 saturated carbocycles. The quantitative estimate of drug-likeness (QED) is 0.512. The molecule has 0 aromatic heterocycles. The van der Waals surface area contributed by atoms with Crippen molar-refractivity contribution in [2.75, 3.05) is 5.88 Å². The molecule has 1 atom stereocenters. The first-order valence-electron chi connectivity index (χ1n) is 6.79. The van der Waals surface area contributed by atoms with Crippen molar-refractivity contribution >= 4 is 23.2 Å². The third-order valence-corrected chi connectivity index (χ3v) is 3.71. The highest BCUT2D eigenvalue weighted by Crippen LogP contribution is 2.25. The maximum absolute atomic E-state index is 12.4. The average molecular weight is 313 g/mol. The number of nitrogens with one attached hydrogen (secondary N) is 1. The van der Waals surface area contributed by atoms with Crippen LogP contribution in [0.15, 0.2) is 18.2 Å². The molecule has 0 saturated heterocycles. The van der Waals surface area contributed by atoms with Gasteiger partial charge in [0.1, 0.15) is 0 Å². The molecule has 21 heavy (non-hydrogen) atoms. The number of hydrogen-bond donors (Lipinski definition) is 1. The van der Waals surface area contributed by atoms with Gasteiger partial charge < -0.3 is 5.32 Å². The number of carbonyl (C=O) groups is 1. The molecule has 1 N–H and O–H groups in total. The number of amides is 1. The van der Waals surface area contributed by atoms with Crippen LogP contribution in [-0.2, 0) is 0 Å². The molecule has 0 aliphatic heterocycles. The molecule has 0 fully saturated rings. The molecule has 1 amide bonds. The smallest absolute Gasteiger partial charge is 0.273 e. The van der Waals surface area contributed by atoms with Gasteiger partial charge in [-0.2, -0.15) is 0 Å². The first kappa shape index (κ1) is 17.4. The minimum absolute atomic E-state index is 0.0488. The minimum atomic E-state index is -0.480. The molecule has 0 radical (unpaired) electrons. The van der Waals surface area contributed by atoms with Gasteiger partial charge in [0.15, 0.2) is 0 Å². The second kappa shape index (κ2) is 6.89. The molecule has 6 heteroatoms. The van der Waals surface area contributed by atoms with Crippen molar-refractivity contribution in [1.29, 1.82) is 0 Å². The fourth-order valence-electron chi connectivity index (χ4n) is 2.13. The molecule has 0 aliphatic carbocycles. The van der Waals surface area contributed by atoms with Crippen LogP contribution in [0.25, 0.3) is 0 Å². The first-order valence-corrected chi connectivity index (χ1v) is 7.32. The average Bonchev–Trinajstić information content (AvgIpc) is 2.36. The fraction of sp³-hybridized carbons (Fsp3) is 0.533. The Bertz CT molecular complexity index is 538. The first-order chi connectivity index (χ1) is 9.68. The molecule has 1 rings (SSSR count). The highest BCUT2D eigenvalue weighted by molar-refractivity contribution is 6.17. The van der Waals surface area contributed by atoms with E-state index in [1.807, 2.05) is 20.8 Å². The zero-order valence-electron chi connectivity index (χ0n) is 12.8. The van der Waals surface area contributed by atoms with Crippen LogP contribution in [-0.4, -0.2) is 22.8 Å². The lowest BCUT2D eigenvalue weighted by atomic mass is 9.85. The molecule has 0 spiro atoms. The van der Waals surface area contributed by atoms with Gasteiger partial charge in [-0.25, -0.2) is 0 Å². The van der Waals surface area contributed by atoms with Crippen LogP contribution < -0.4 is 5.32 Å². The van der Waals surface area contributed by atoms with Gasteiger partial charge in [0.05, 0.1) is 4.92 Å². The van der Waals surface area contributed by atoms with E-state index in [4.69, 9.17) is 11.6 Å². The van der Waals surface area contributed by atoms with Crippen molar-refractivity contribution in [3.8, 4) is 0 Å². The van der Waals surface area contributed by atoms with E-state index < -0.39 is 4.92 Å². The normalized spacial score (nSPS) is 12.8. The van der Waals surface area contributed by atoms with Crippen LogP contribution in [0.4, 0.5) is 5.69 Å². The van der Waals surface area contributed by atoms with Gasteiger partial charge in [0, 0.05) is 29.1 Å². The van der Waals surface area contributed by atoms with Crippen molar-refractivity contribution in [2.24, 2.45) is 5.41 Å². The maximum atomic E-state index is 12.4. The summed E-state index contributed by atoms with van der Waals surface area (Å²) in [6, 6.07) is 4.42. The Balaban J connectivity index is 3.04. The van der Waals surface area contributed by atoms with E-state index in [1.165, 1.54) is 12.1 Å². The van der Waals surface area contributed by atoms with Crippen molar-refractivity contribution in [1.82, 2.24) is 5.32 Å². The van der Waals surface area contributed by atoms with Crippen molar-refractivity contribution in [3.63, 3.8) is 0 Å². The molecular weight excluding hydrogens is 292 g/mol. The maximum Gasteiger partial charge on any atom is 0.273 e. The summed E-state index contributed by atoms with van der Waals surface area (Å²) in [6.45, 7) is 7.64. The van der Waals surface area contributed by atoms with E-state index in [-0.39, 0.29) is 23.1 Å². The summed E-state index contributed by atoms with van der Waals surface area (Å²) < 4.78 is 0. The lowest BCUT2D eigenvalue weighted by Crippen LogP contribution is -2.44. The molecule has 0 aliphatic rings. The summed E-state index contributed by atoms with van der Waals surface area (Å²) in [5.41, 5.74) is 0.512. The van der Waals surface area contributed by atoms with Crippen LogP contribution in [0.3, 0.4) is 0 Å². The Kier molecular flexibility index (Phi) is 5.72. The standard InChI is InChI=1S/C15H21ClN2O3/c1-10-11(6-5-7-12(10)18(20)21)14(19)17-13(8-9-16)15(2,3)4/h5-7,13H,8-9H2,1-4H3,(H,17,19). The Morgan fingerprint density at radius 2 is 2.05 bits per heavy atom. The third-order valence-electron chi connectivity index (χ3n) is 3.50. The molecule has 0 heterocycles. The molecule has 116 valence electrons. The Morgan fingerprint density at radius 3 is 2.52 bits per heavy atom. The van der Waals surface area contributed by atoms with Crippen LogP contribution in [0.1, 0.15) is 43.1 Å². The van der Waals surface area contributed by atoms with Gasteiger partial charge in [-0.15, -0.1) is 11.6 Å². The molecule has 0 bridgehead atoms. The van der Waals surface area contributed by atoms with Crippen LogP contribution >= 0.6 is 11.6 Å². The topological polar surface area (TPSA) is 72.2 Å². The second-order valence-electron chi connectivity index (χ2n) is 6.08. The van der Waals surface area contributed by atoms with E-state index >= 15 is 0 Å². The summed E-state index contributed by atoms with van der Waals surface area (Å²) in [7, 11) is 0. The SMILES string of the molecule is Cc1c(C(=O)NC(CCCl)C(C)(C)C)cccc1[N+](=O)[O-]. The summed E-state index contributed by atoms with van der Waals surface area (Å²) in [6.07, 6.45) is 0.644. The number of hydrogen-bond acceptors (Lipinski definition) is 3. The van der Waals surface area contributed by atoms with E-state index in [0.717, 1.165) is 0 Å². The number of carbonyl (C=O) groups excluding carboxylic acids is 1. The van der Waals surface area contributed by atoms with Crippen molar-refractivity contribution in [3.05, 3.63) is 39.4 Å². The lowest BCUT2D eigenvalue weighted by molar-refractivity contribution is -0.385. The zero-order chi connectivity index (χ0) is 16.2. The summed E-state index contributed by atoms with van der Waals surface area (Å²) in [5, 5.41) is 13.9. The number of halogens is 1. The highest BCUT2D eigenvalue weighted by atomic mass is 35.5. The number of nitrogens with zero attached hydrogens (tertiary/aromatic N) is 1. The van der Waals surface area contributed by atoms with Crippen LogP contribution in [0.2, 0.25) is 0 Å². The summed E-state index contributed by atoms with van der Waals surface area (Å²) >= 11 is 5.79. The predicted molar refractivity (Wildman–Crippen MR) is 83.9 cm³/mol. The van der Waals surface area contributed by atoms with Gasteiger partial charge in [-0.1, -0.05) is 26.8 Å². The van der Waals surface area contributed by atoms with Gasteiger partial charge in [0.2, 0.25) is 0 Å². The molecule has 5 nitrogen and oxygen atoms in total. The van der Waals surface area contributed by atoms with Gasteiger partial charge in [-0.05, 0) is 24.8 Å². The van der Waals surface area contributed by atoms with Gasteiger partial charge >= 0.3 is 0 Å². The van der Waals surface area contributed by atoms with Crippen LogP contribution in [0, 0.1) is 22.5 Å². The molecule has 1 aromatic carbocycles. The predicted octanol–water partition coefficient (Wildman–Crippen LogP) is 3.68. The fourth-order valence-corrected chi connectivity index (χ4v) is 2.35. The van der Waals surface area contributed by atoms with Gasteiger partial charge in [-0.3, -0.25) is 14.9 Å². The number of benzene rings is 1. The zero-order valence-corrected chi connectivity index (χ0v) is 13.5. The molecule has 1 unspecified atom stereocenters. The highest BCUT2D eigenvalue weighted by Gasteiger charge is 2.27. The van der Waals surface area contributed by atoms with Gasteiger partial charge in [0.25, 0.3) is 11.6 Å². The molecular formula is C15H21ClN2O3. The van der Waals surface area contributed by atoms with E-state index in [2.05, 4.69) is 5.32 Å². The number of alkyl halides is 1. The Labute approximate surface area is 129 Å².